The molecule has 1 aromatic heterocycles. The van der Waals surface area contributed by atoms with Gasteiger partial charge in [0.05, 0.1) is 22.4 Å². The Kier molecular flexibility index (Phi) is 3.37. The van der Waals surface area contributed by atoms with Crippen molar-refractivity contribution in [3.63, 3.8) is 0 Å². The molecule has 2 aliphatic rings. The molecule has 1 heterocycles. The molecular weight excluding hydrogens is 324 g/mol. The van der Waals surface area contributed by atoms with Crippen LogP contribution in [0.4, 0.5) is 0 Å². The lowest BCUT2D eigenvalue weighted by molar-refractivity contribution is -0.134. The van der Waals surface area contributed by atoms with Crippen molar-refractivity contribution in [2.45, 2.75) is 58.3 Å². The molecule has 2 atom stereocenters. The van der Waals surface area contributed by atoms with Crippen molar-refractivity contribution >= 4 is 16.9 Å². The van der Waals surface area contributed by atoms with Gasteiger partial charge in [0.1, 0.15) is 5.41 Å². The fourth-order valence-corrected chi connectivity index (χ4v) is 5.16. The summed E-state index contributed by atoms with van der Waals surface area (Å²) in [6.07, 6.45) is 1.77. The molecule has 2 bridgehead atoms. The summed E-state index contributed by atoms with van der Waals surface area (Å²) in [7, 11) is 3.70. The van der Waals surface area contributed by atoms with Gasteiger partial charge in [0.25, 0.3) is 0 Å². The molecule has 1 fully saturated rings. The topological polar surface area (TPSA) is 58.1 Å². The van der Waals surface area contributed by atoms with Crippen molar-refractivity contribution in [1.82, 2.24) is 20.4 Å². The van der Waals surface area contributed by atoms with Gasteiger partial charge in [0, 0.05) is 19.5 Å². The van der Waals surface area contributed by atoms with Crippen LogP contribution in [0.2, 0.25) is 0 Å². The number of benzene rings is 1. The number of nitrogens with one attached hydrogen (secondary N) is 1. The second kappa shape index (κ2) is 5.03. The first-order chi connectivity index (χ1) is 12.0. The minimum Gasteiger partial charge on any atom is -0.289 e. The van der Waals surface area contributed by atoms with Crippen LogP contribution in [0, 0.1) is 19.3 Å². The number of carbonyl (C=O) groups is 1. The van der Waals surface area contributed by atoms with Gasteiger partial charge in [0.15, 0.2) is 0 Å². The number of hydrazine groups is 1. The normalized spacial score (nSPS) is 28.6. The Hall–Kier alpha value is -2.01. The highest BCUT2D eigenvalue weighted by Crippen LogP contribution is 2.70. The Morgan fingerprint density at radius 3 is 2.08 bits per heavy atom. The molecule has 4 rings (SSSR count). The van der Waals surface area contributed by atoms with Crippen LogP contribution in [0.3, 0.4) is 0 Å². The van der Waals surface area contributed by atoms with E-state index in [1.54, 1.807) is 5.01 Å². The Morgan fingerprint density at radius 1 is 1.00 bits per heavy atom. The van der Waals surface area contributed by atoms with Crippen LogP contribution in [0.15, 0.2) is 12.1 Å². The van der Waals surface area contributed by atoms with Crippen LogP contribution in [0.25, 0.3) is 11.0 Å². The van der Waals surface area contributed by atoms with E-state index < -0.39 is 5.41 Å². The van der Waals surface area contributed by atoms with Crippen LogP contribution in [-0.4, -0.2) is 35.0 Å². The van der Waals surface area contributed by atoms with E-state index in [1.807, 2.05) is 14.1 Å². The molecule has 2 aliphatic carbocycles. The lowest BCUT2D eigenvalue weighted by Gasteiger charge is -2.39. The average Bonchev–Trinajstić information content (AvgIpc) is 2.83. The van der Waals surface area contributed by atoms with Crippen molar-refractivity contribution in [3.05, 3.63) is 34.6 Å². The summed E-state index contributed by atoms with van der Waals surface area (Å²) in [5.41, 5.74) is 8.11. The van der Waals surface area contributed by atoms with E-state index in [-0.39, 0.29) is 16.7 Å². The second-order valence-corrected chi connectivity index (χ2v) is 9.04. The highest BCUT2D eigenvalue weighted by Gasteiger charge is 2.73. The minimum atomic E-state index is -0.638. The molecule has 0 aliphatic heterocycles. The number of hydrogen-bond acceptors (Lipinski definition) is 4. The van der Waals surface area contributed by atoms with Gasteiger partial charge in [-0.1, -0.05) is 20.8 Å². The third-order valence-electron chi connectivity index (χ3n) is 7.37. The van der Waals surface area contributed by atoms with E-state index >= 15 is 0 Å². The van der Waals surface area contributed by atoms with Crippen LogP contribution < -0.4 is 5.43 Å². The van der Waals surface area contributed by atoms with Crippen LogP contribution in [0.1, 0.15) is 56.1 Å². The van der Waals surface area contributed by atoms with Gasteiger partial charge in [-0.05, 0) is 55.4 Å². The molecule has 0 radical (unpaired) electrons. The van der Waals surface area contributed by atoms with Gasteiger partial charge in [-0.2, -0.15) is 0 Å². The number of carbonyl (C=O) groups excluding carboxylic acids is 1. The van der Waals surface area contributed by atoms with E-state index in [4.69, 9.17) is 9.97 Å². The molecule has 1 saturated carbocycles. The maximum absolute atomic E-state index is 13.4. The smallest absolute Gasteiger partial charge is 0.247 e. The van der Waals surface area contributed by atoms with E-state index in [0.717, 1.165) is 35.3 Å². The van der Waals surface area contributed by atoms with Crippen molar-refractivity contribution in [3.8, 4) is 0 Å². The van der Waals surface area contributed by atoms with Gasteiger partial charge in [0.2, 0.25) is 5.91 Å². The first kappa shape index (κ1) is 17.4. The molecule has 5 nitrogen and oxygen atoms in total. The molecule has 0 saturated heterocycles. The molecule has 138 valence electrons. The monoisotopic (exact) mass is 352 g/mol. The summed E-state index contributed by atoms with van der Waals surface area (Å²) in [5.74, 6) is 0.0347. The predicted molar refractivity (Wildman–Crippen MR) is 103 cm³/mol. The van der Waals surface area contributed by atoms with Gasteiger partial charge in [-0.25, -0.2) is 15.0 Å². The van der Waals surface area contributed by atoms with Crippen molar-refractivity contribution in [1.29, 1.82) is 0 Å². The quantitative estimate of drug-likeness (QED) is 0.844. The van der Waals surface area contributed by atoms with E-state index in [2.05, 4.69) is 52.2 Å². The lowest BCUT2D eigenvalue weighted by atomic mass is 9.63. The van der Waals surface area contributed by atoms with E-state index in [0.29, 0.717) is 0 Å². The number of aryl methyl sites for hydroxylation is 2. The fourth-order valence-electron chi connectivity index (χ4n) is 5.16. The molecule has 5 heteroatoms. The minimum absolute atomic E-state index is 0.0347. The van der Waals surface area contributed by atoms with Crippen molar-refractivity contribution in [2.24, 2.45) is 5.41 Å². The first-order valence-electron chi connectivity index (χ1n) is 9.33. The zero-order valence-corrected chi connectivity index (χ0v) is 16.8. The van der Waals surface area contributed by atoms with Crippen LogP contribution >= 0.6 is 0 Å². The first-order valence-corrected chi connectivity index (χ1v) is 9.33. The SMILES string of the molecule is Cc1cc2nc3c(nc2cc1C)C1(C(=O)NN(C)C)CCC3(C)C1(C)C. The Balaban J connectivity index is 2.03. The summed E-state index contributed by atoms with van der Waals surface area (Å²) in [5, 5.41) is 1.73. The van der Waals surface area contributed by atoms with Crippen molar-refractivity contribution < 1.29 is 4.79 Å². The summed E-state index contributed by atoms with van der Waals surface area (Å²) in [6.45, 7) is 10.9. The van der Waals surface area contributed by atoms with Crippen LogP contribution in [-0.2, 0) is 15.6 Å². The summed E-state index contributed by atoms with van der Waals surface area (Å²) in [6, 6.07) is 4.21. The standard InChI is InChI=1S/C21H28N4O/c1-12-10-14-15(11-13(12)2)23-17-16(22-14)20(5)8-9-21(17,19(20,3)4)18(26)24-25(6)7/h10-11H,8-9H2,1-7H3,(H,24,26). The van der Waals surface area contributed by atoms with Gasteiger partial charge < -0.3 is 0 Å². The zero-order valence-electron chi connectivity index (χ0n) is 16.8. The second-order valence-electron chi connectivity index (χ2n) is 9.04. The lowest BCUT2D eigenvalue weighted by Crippen LogP contribution is -2.54. The maximum Gasteiger partial charge on any atom is 0.247 e. The molecule has 2 unspecified atom stereocenters. The highest BCUT2D eigenvalue weighted by molar-refractivity contribution is 5.92. The number of hydrogen-bond donors (Lipinski definition) is 1. The van der Waals surface area contributed by atoms with Crippen molar-refractivity contribution in [2.75, 3.05) is 14.1 Å². The van der Waals surface area contributed by atoms with Gasteiger partial charge in [-0.15, -0.1) is 0 Å². The Bertz CT molecular complexity index is 949. The number of nitrogens with zero attached hydrogens (tertiary/aromatic N) is 3. The number of rotatable bonds is 2. The third-order valence-corrected chi connectivity index (χ3v) is 7.37. The zero-order chi connectivity index (χ0) is 19.1. The molecule has 0 spiro atoms. The Morgan fingerprint density at radius 2 is 1.54 bits per heavy atom. The largest absolute Gasteiger partial charge is 0.289 e. The maximum atomic E-state index is 13.4. The number of amides is 1. The molecule has 1 amide bonds. The number of aromatic nitrogens is 2. The Labute approximate surface area is 155 Å². The van der Waals surface area contributed by atoms with Gasteiger partial charge in [-0.3, -0.25) is 10.2 Å². The summed E-state index contributed by atoms with van der Waals surface area (Å²) >= 11 is 0. The molecule has 1 N–H and O–H groups in total. The van der Waals surface area contributed by atoms with E-state index in [9.17, 15) is 4.79 Å². The molecule has 1 aromatic carbocycles. The fraction of sp³-hybridized carbons (Fsp3) is 0.571. The molecule has 26 heavy (non-hydrogen) atoms. The average molecular weight is 352 g/mol. The predicted octanol–water partition coefficient (Wildman–Crippen LogP) is 3.17. The van der Waals surface area contributed by atoms with Crippen LogP contribution in [0.5, 0.6) is 0 Å². The number of fused-ring (bicyclic) bond motifs is 6. The third kappa shape index (κ3) is 1.82. The molecular formula is C21H28N4O. The molecule has 2 aromatic rings. The summed E-state index contributed by atoms with van der Waals surface area (Å²) in [4.78, 5) is 23.5. The van der Waals surface area contributed by atoms with Gasteiger partial charge >= 0.3 is 0 Å². The van der Waals surface area contributed by atoms with E-state index in [1.165, 1.54) is 11.1 Å². The highest BCUT2D eigenvalue weighted by atomic mass is 16.2. The summed E-state index contributed by atoms with van der Waals surface area (Å²) < 4.78 is 0.